The predicted octanol–water partition coefficient (Wildman–Crippen LogP) is 4.32. The standard InChI is InChI=1S/C29H35N7O4/c1-18-25-19(2)36(32-26(25)27(31-30-18)33(3)4)22-17-21(28(37)34(5)6)13-14-24(22)40-23(15-16-35(7)29(38)39)20-11-9-8-10-12-20/h8-14,17,23H,15-16H2,1-7H3,(H,38,39). The van der Waals surface area contributed by atoms with Crippen LogP contribution < -0.4 is 9.64 Å². The van der Waals surface area contributed by atoms with E-state index in [1.54, 1.807) is 37.0 Å². The Balaban J connectivity index is 1.88. The van der Waals surface area contributed by atoms with E-state index in [0.29, 0.717) is 34.8 Å². The molecule has 0 fully saturated rings. The number of fused-ring (bicyclic) bond motifs is 1. The lowest BCUT2D eigenvalue weighted by Crippen LogP contribution is -2.27. The van der Waals surface area contributed by atoms with Gasteiger partial charge in [0.15, 0.2) is 5.82 Å². The van der Waals surface area contributed by atoms with Crippen LogP contribution in [0.2, 0.25) is 0 Å². The van der Waals surface area contributed by atoms with Crippen LogP contribution in [0, 0.1) is 13.8 Å². The molecule has 2 amide bonds. The molecular formula is C29H35N7O4. The zero-order valence-electron chi connectivity index (χ0n) is 23.9. The number of hydrogen-bond donors (Lipinski definition) is 1. The predicted molar refractivity (Wildman–Crippen MR) is 154 cm³/mol. The smallest absolute Gasteiger partial charge is 0.407 e. The summed E-state index contributed by atoms with van der Waals surface area (Å²) in [6.45, 7) is 4.11. The molecule has 1 unspecified atom stereocenters. The molecule has 40 heavy (non-hydrogen) atoms. The van der Waals surface area contributed by atoms with E-state index in [2.05, 4.69) is 10.2 Å². The van der Waals surface area contributed by atoms with E-state index < -0.39 is 12.2 Å². The van der Waals surface area contributed by atoms with Gasteiger partial charge < -0.3 is 24.5 Å². The number of amides is 2. The Bertz CT molecular complexity index is 1530. The second-order valence-electron chi connectivity index (χ2n) is 10.1. The zero-order chi connectivity index (χ0) is 29.1. The minimum Gasteiger partial charge on any atom is -0.483 e. The number of carbonyl (C=O) groups is 2. The van der Waals surface area contributed by atoms with Gasteiger partial charge in [0.2, 0.25) is 0 Å². The molecule has 11 nitrogen and oxygen atoms in total. The summed E-state index contributed by atoms with van der Waals surface area (Å²) in [7, 11) is 8.71. The van der Waals surface area contributed by atoms with Crippen LogP contribution in [0.15, 0.2) is 48.5 Å². The molecule has 0 saturated carbocycles. The van der Waals surface area contributed by atoms with Gasteiger partial charge in [-0.25, -0.2) is 9.48 Å². The molecule has 0 radical (unpaired) electrons. The Morgan fingerprint density at radius 1 is 1.00 bits per heavy atom. The maximum absolute atomic E-state index is 12.9. The van der Waals surface area contributed by atoms with E-state index in [1.807, 2.05) is 63.2 Å². The monoisotopic (exact) mass is 545 g/mol. The summed E-state index contributed by atoms with van der Waals surface area (Å²) in [4.78, 5) is 29.0. The van der Waals surface area contributed by atoms with Gasteiger partial charge in [-0.3, -0.25) is 4.79 Å². The summed E-state index contributed by atoms with van der Waals surface area (Å²) in [5.74, 6) is 0.977. The van der Waals surface area contributed by atoms with Crippen molar-refractivity contribution in [1.29, 1.82) is 0 Å². The number of anilines is 1. The zero-order valence-corrected chi connectivity index (χ0v) is 23.9. The van der Waals surface area contributed by atoms with E-state index in [4.69, 9.17) is 9.84 Å². The average Bonchev–Trinajstić information content (AvgIpc) is 3.28. The Labute approximate surface area is 233 Å². The molecular weight excluding hydrogens is 510 g/mol. The Hall–Kier alpha value is -4.67. The van der Waals surface area contributed by atoms with Crippen LogP contribution in [-0.2, 0) is 0 Å². The molecule has 2 aromatic heterocycles. The summed E-state index contributed by atoms with van der Waals surface area (Å²) in [6.07, 6.45) is -1.04. The van der Waals surface area contributed by atoms with Crippen LogP contribution in [-0.4, -0.2) is 88.7 Å². The van der Waals surface area contributed by atoms with Gasteiger partial charge in [-0.05, 0) is 37.6 Å². The van der Waals surface area contributed by atoms with Crippen LogP contribution in [0.5, 0.6) is 5.75 Å². The fourth-order valence-electron chi connectivity index (χ4n) is 4.54. The maximum atomic E-state index is 12.9. The van der Waals surface area contributed by atoms with E-state index in [9.17, 15) is 14.7 Å². The van der Waals surface area contributed by atoms with Crippen LogP contribution >= 0.6 is 0 Å². The first-order valence-corrected chi connectivity index (χ1v) is 12.9. The lowest BCUT2D eigenvalue weighted by atomic mass is 10.1. The third-order valence-electron chi connectivity index (χ3n) is 6.74. The molecule has 2 aromatic carbocycles. The lowest BCUT2D eigenvalue weighted by Gasteiger charge is -2.24. The van der Waals surface area contributed by atoms with E-state index >= 15 is 0 Å². The molecule has 0 aliphatic rings. The molecule has 4 rings (SSSR count). The van der Waals surface area contributed by atoms with Crippen molar-refractivity contribution in [1.82, 2.24) is 29.8 Å². The van der Waals surface area contributed by atoms with Crippen LogP contribution in [0.4, 0.5) is 10.6 Å². The van der Waals surface area contributed by atoms with Crippen molar-refractivity contribution in [3.8, 4) is 11.4 Å². The maximum Gasteiger partial charge on any atom is 0.407 e. The van der Waals surface area contributed by atoms with E-state index in [1.165, 1.54) is 16.8 Å². The van der Waals surface area contributed by atoms with Crippen molar-refractivity contribution in [3.05, 3.63) is 71.0 Å². The van der Waals surface area contributed by atoms with Crippen molar-refractivity contribution in [2.75, 3.05) is 46.7 Å². The van der Waals surface area contributed by atoms with Crippen molar-refractivity contribution < 1.29 is 19.4 Å². The summed E-state index contributed by atoms with van der Waals surface area (Å²) in [6, 6.07) is 14.9. The molecule has 1 atom stereocenters. The summed E-state index contributed by atoms with van der Waals surface area (Å²) >= 11 is 0. The number of aryl methyl sites for hydroxylation is 2. The number of carboxylic acid groups (broad SMARTS) is 1. The number of aromatic nitrogens is 4. The first-order chi connectivity index (χ1) is 19.0. The highest BCUT2D eigenvalue weighted by Crippen LogP contribution is 2.35. The molecule has 0 bridgehead atoms. The topological polar surface area (TPSA) is 117 Å². The van der Waals surface area contributed by atoms with E-state index in [0.717, 1.165) is 22.3 Å². The first kappa shape index (κ1) is 28.3. The molecule has 0 spiro atoms. The highest BCUT2D eigenvalue weighted by molar-refractivity contribution is 5.95. The number of benzene rings is 2. The largest absolute Gasteiger partial charge is 0.483 e. The average molecular weight is 546 g/mol. The quantitative estimate of drug-likeness (QED) is 0.331. The molecule has 1 N–H and O–H groups in total. The summed E-state index contributed by atoms with van der Waals surface area (Å²) in [5, 5.41) is 23.9. The minimum absolute atomic E-state index is 0.154. The Kier molecular flexibility index (Phi) is 8.22. The van der Waals surface area contributed by atoms with Crippen LogP contribution in [0.25, 0.3) is 16.6 Å². The van der Waals surface area contributed by atoms with Crippen LogP contribution in [0.1, 0.15) is 39.8 Å². The van der Waals surface area contributed by atoms with Gasteiger partial charge in [0, 0.05) is 53.8 Å². The van der Waals surface area contributed by atoms with Gasteiger partial charge in [-0.15, -0.1) is 5.10 Å². The number of ether oxygens (including phenoxy) is 1. The highest BCUT2D eigenvalue weighted by Gasteiger charge is 2.24. The molecule has 2 heterocycles. The second-order valence-corrected chi connectivity index (χ2v) is 10.1. The van der Waals surface area contributed by atoms with Gasteiger partial charge in [0.05, 0.1) is 16.8 Å². The number of carbonyl (C=O) groups excluding carboxylic acids is 1. The fourth-order valence-corrected chi connectivity index (χ4v) is 4.54. The van der Waals surface area contributed by atoms with E-state index in [-0.39, 0.29) is 12.5 Å². The van der Waals surface area contributed by atoms with Gasteiger partial charge >= 0.3 is 6.09 Å². The van der Waals surface area contributed by atoms with Crippen molar-refractivity contribution in [2.45, 2.75) is 26.4 Å². The first-order valence-electron chi connectivity index (χ1n) is 12.9. The number of rotatable bonds is 9. The fraction of sp³-hybridized carbons (Fsp3) is 0.345. The number of hydrogen-bond acceptors (Lipinski definition) is 7. The van der Waals surface area contributed by atoms with Gasteiger partial charge in [0.1, 0.15) is 23.1 Å². The third kappa shape index (κ3) is 5.68. The lowest BCUT2D eigenvalue weighted by molar-refractivity contribution is 0.0827. The normalized spacial score (nSPS) is 11.8. The molecule has 4 aromatic rings. The van der Waals surface area contributed by atoms with Gasteiger partial charge in [-0.1, -0.05) is 30.3 Å². The SMILES string of the molecule is Cc1nnc(N(C)C)c2nn(-c3cc(C(=O)N(C)C)ccc3OC(CCN(C)C(=O)O)c3ccccc3)c(C)c12. The summed E-state index contributed by atoms with van der Waals surface area (Å²) < 4.78 is 8.39. The molecule has 0 saturated heterocycles. The van der Waals surface area contributed by atoms with Crippen molar-refractivity contribution >= 4 is 28.7 Å². The van der Waals surface area contributed by atoms with Crippen molar-refractivity contribution in [2.24, 2.45) is 0 Å². The Morgan fingerprint density at radius 3 is 2.33 bits per heavy atom. The summed E-state index contributed by atoms with van der Waals surface area (Å²) in [5.41, 5.74) is 4.22. The highest BCUT2D eigenvalue weighted by atomic mass is 16.5. The molecule has 0 aliphatic heterocycles. The van der Waals surface area contributed by atoms with Gasteiger partial charge in [-0.2, -0.15) is 10.2 Å². The number of nitrogens with zero attached hydrogens (tertiary/aromatic N) is 7. The Morgan fingerprint density at radius 2 is 1.70 bits per heavy atom. The molecule has 210 valence electrons. The second kappa shape index (κ2) is 11.6. The van der Waals surface area contributed by atoms with Crippen LogP contribution in [0.3, 0.4) is 0 Å². The third-order valence-corrected chi connectivity index (χ3v) is 6.74. The van der Waals surface area contributed by atoms with Gasteiger partial charge in [0.25, 0.3) is 5.91 Å². The molecule has 11 heteroatoms. The minimum atomic E-state index is -1.01. The molecule has 0 aliphatic carbocycles. The van der Waals surface area contributed by atoms with Crippen molar-refractivity contribution in [3.63, 3.8) is 0 Å².